The van der Waals surface area contributed by atoms with Crippen molar-refractivity contribution in [1.82, 2.24) is 5.32 Å². The standard InChI is InChI=1S/C7H8O.C3H7NO2/c1-8-7-5-3-2-4-6-7;1-2-4-3(5)6/h2-6H,1H3;4H,2H2,1H3,(H,5,6). The van der Waals surface area contributed by atoms with E-state index in [2.05, 4.69) is 5.32 Å². The van der Waals surface area contributed by atoms with E-state index < -0.39 is 6.09 Å². The molecule has 0 atom stereocenters. The Bertz CT molecular complexity index is 249. The fourth-order valence-corrected chi connectivity index (χ4v) is 0.708. The first-order valence-electron chi connectivity index (χ1n) is 4.26. The Morgan fingerprint density at radius 3 is 2.21 bits per heavy atom. The van der Waals surface area contributed by atoms with Crippen LogP contribution in [-0.4, -0.2) is 24.9 Å². The van der Waals surface area contributed by atoms with E-state index in [0.717, 1.165) is 5.75 Å². The molecule has 0 aliphatic carbocycles. The van der Waals surface area contributed by atoms with Crippen LogP contribution < -0.4 is 10.1 Å². The van der Waals surface area contributed by atoms with E-state index in [1.165, 1.54) is 0 Å². The van der Waals surface area contributed by atoms with Crippen LogP contribution in [0.3, 0.4) is 0 Å². The lowest BCUT2D eigenvalue weighted by Gasteiger charge is -1.93. The highest BCUT2D eigenvalue weighted by atomic mass is 16.5. The summed E-state index contributed by atoms with van der Waals surface area (Å²) in [6.07, 6.45) is -0.961. The number of benzene rings is 1. The van der Waals surface area contributed by atoms with Gasteiger partial charge in [0, 0.05) is 6.54 Å². The minimum Gasteiger partial charge on any atom is -0.497 e. The summed E-state index contributed by atoms with van der Waals surface area (Å²) in [7, 11) is 1.66. The lowest BCUT2D eigenvalue weighted by Crippen LogP contribution is -2.19. The van der Waals surface area contributed by atoms with Gasteiger partial charge in [-0.05, 0) is 19.1 Å². The van der Waals surface area contributed by atoms with Gasteiger partial charge in [-0.15, -0.1) is 0 Å². The van der Waals surface area contributed by atoms with Gasteiger partial charge < -0.3 is 15.2 Å². The first kappa shape index (κ1) is 12.3. The van der Waals surface area contributed by atoms with Crippen molar-refractivity contribution < 1.29 is 14.6 Å². The molecule has 0 aromatic heterocycles. The number of carbonyl (C=O) groups is 1. The molecule has 0 radical (unpaired) electrons. The van der Waals surface area contributed by atoms with Crippen molar-refractivity contribution in [3.63, 3.8) is 0 Å². The van der Waals surface area contributed by atoms with Crippen LogP contribution in [0.5, 0.6) is 5.75 Å². The van der Waals surface area contributed by atoms with Gasteiger partial charge in [0.1, 0.15) is 5.75 Å². The molecule has 4 nitrogen and oxygen atoms in total. The van der Waals surface area contributed by atoms with E-state index in [1.54, 1.807) is 14.0 Å². The molecule has 14 heavy (non-hydrogen) atoms. The SMILES string of the molecule is CCNC(=O)O.COc1ccccc1. The minimum absolute atomic E-state index is 0.481. The predicted molar refractivity (Wildman–Crippen MR) is 54.7 cm³/mol. The van der Waals surface area contributed by atoms with Crippen LogP contribution in [0.4, 0.5) is 4.79 Å². The number of para-hydroxylation sites is 1. The van der Waals surface area contributed by atoms with Gasteiger partial charge in [-0.2, -0.15) is 0 Å². The van der Waals surface area contributed by atoms with E-state index >= 15 is 0 Å². The zero-order chi connectivity index (χ0) is 10.8. The topological polar surface area (TPSA) is 58.6 Å². The molecule has 0 aliphatic rings. The number of rotatable bonds is 2. The maximum atomic E-state index is 9.49. The van der Waals surface area contributed by atoms with Gasteiger partial charge in [0.25, 0.3) is 0 Å². The van der Waals surface area contributed by atoms with Crippen molar-refractivity contribution in [2.24, 2.45) is 0 Å². The summed E-state index contributed by atoms with van der Waals surface area (Å²) in [5.74, 6) is 0.910. The Balaban J connectivity index is 0.000000255. The Kier molecular flexibility index (Phi) is 6.95. The predicted octanol–water partition coefficient (Wildman–Crippen LogP) is 1.97. The van der Waals surface area contributed by atoms with E-state index in [-0.39, 0.29) is 0 Å². The van der Waals surface area contributed by atoms with Crippen molar-refractivity contribution in [2.75, 3.05) is 13.7 Å². The van der Waals surface area contributed by atoms with E-state index in [9.17, 15) is 4.79 Å². The summed E-state index contributed by atoms with van der Waals surface area (Å²) in [6.45, 7) is 2.21. The number of amides is 1. The molecular weight excluding hydrogens is 182 g/mol. The second-order valence-electron chi connectivity index (χ2n) is 2.35. The maximum absolute atomic E-state index is 9.49. The maximum Gasteiger partial charge on any atom is 0.404 e. The number of nitrogens with one attached hydrogen (secondary N) is 1. The van der Waals surface area contributed by atoms with Crippen molar-refractivity contribution >= 4 is 6.09 Å². The largest absolute Gasteiger partial charge is 0.497 e. The molecule has 1 amide bonds. The number of carboxylic acid groups (broad SMARTS) is 1. The highest BCUT2D eigenvalue weighted by molar-refractivity contribution is 5.64. The second kappa shape index (κ2) is 7.91. The quantitative estimate of drug-likeness (QED) is 0.762. The van der Waals surface area contributed by atoms with Gasteiger partial charge in [0.15, 0.2) is 0 Å². The van der Waals surface area contributed by atoms with Crippen molar-refractivity contribution in [3.05, 3.63) is 30.3 Å². The molecule has 0 bridgehead atoms. The summed E-state index contributed by atoms with van der Waals surface area (Å²) in [4.78, 5) is 9.49. The summed E-state index contributed by atoms with van der Waals surface area (Å²) < 4.78 is 4.91. The average Bonchev–Trinajstić information content (AvgIpc) is 2.20. The number of methoxy groups -OCH3 is 1. The highest BCUT2D eigenvalue weighted by Gasteiger charge is 1.83. The zero-order valence-corrected chi connectivity index (χ0v) is 8.36. The molecule has 0 aliphatic heterocycles. The van der Waals surface area contributed by atoms with Crippen LogP contribution in [0, 0.1) is 0 Å². The molecule has 2 N–H and O–H groups in total. The number of hydrogen-bond acceptors (Lipinski definition) is 2. The molecule has 4 heteroatoms. The van der Waals surface area contributed by atoms with Crippen molar-refractivity contribution in [2.45, 2.75) is 6.92 Å². The molecule has 78 valence electrons. The monoisotopic (exact) mass is 197 g/mol. The third-order valence-corrected chi connectivity index (χ3v) is 1.31. The fourth-order valence-electron chi connectivity index (χ4n) is 0.708. The normalized spacial score (nSPS) is 8.14. The van der Waals surface area contributed by atoms with E-state index in [0.29, 0.717) is 6.54 Å². The van der Waals surface area contributed by atoms with Crippen LogP contribution in [0.15, 0.2) is 30.3 Å². The Morgan fingerprint density at radius 2 is 2.00 bits per heavy atom. The van der Waals surface area contributed by atoms with Gasteiger partial charge in [-0.25, -0.2) is 4.79 Å². The lowest BCUT2D eigenvalue weighted by atomic mass is 10.3. The lowest BCUT2D eigenvalue weighted by molar-refractivity contribution is 0.195. The smallest absolute Gasteiger partial charge is 0.404 e. The molecule has 0 fully saturated rings. The Labute approximate surface area is 83.5 Å². The van der Waals surface area contributed by atoms with Crippen LogP contribution in [0.2, 0.25) is 0 Å². The fraction of sp³-hybridized carbons (Fsp3) is 0.300. The molecule has 0 spiro atoms. The molecule has 0 heterocycles. The summed E-state index contributed by atoms with van der Waals surface area (Å²) in [5.41, 5.74) is 0. The highest BCUT2D eigenvalue weighted by Crippen LogP contribution is 2.05. The van der Waals surface area contributed by atoms with Gasteiger partial charge >= 0.3 is 6.09 Å². The van der Waals surface area contributed by atoms with Crippen LogP contribution >= 0.6 is 0 Å². The summed E-state index contributed by atoms with van der Waals surface area (Å²) >= 11 is 0. The molecule has 1 rings (SSSR count). The van der Waals surface area contributed by atoms with Gasteiger partial charge in [-0.1, -0.05) is 18.2 Å². The zero-order valence-electron chi connectivity index (χ0n) is 8.36. The average molecular weight is 197 g/mol. The summed E-state index contributed by atoms with van der Waals surface area (Å²) in [5, 5.41) is 9.93. The molecule has 0 saturated carbocycles. The molecular formula is C10H15NO3. The molecule has 1 aromatic rings. The van der Waals surface area contributed by atoms with Crippen LogP contribution in [0.1, 0.15) is 6.92 Å². The van der Waals surface area contributed by atoms with Gasteiger partial charge in [0.2, 0.25) is 0 Å². The number of hydrogen-bond donors (Lipinski definition) is 2. The minimum atomic E-state index is -0.961. The van der Waals surface area contributed by atoms with Crippen molar-refractivity contribution in [1.29, 1.82) is 0 Å². The first-order chi connectivity index (χ1) is 6.70. The Morgan fingerprint density at radius 1 is 1.43 bits per heavy atom. The molecule has 0 unspecified atom stereocenters. The summed E-state index contributed by atoms with van der Waals surface area (Å²) in [6, 6.07) is 9.68. The van der Waals surface area contributed by atoms with E-state index in [4.69, 9.17) is 9.84 Å². The molecule has 0 saturated heterocycles. The third-order valence-electron chi connectivity index (χ3n) is 1.31. The second-order valence-corrected chi connectivity index (χ2v) is 2.35. The van der Waals surface area contributed by atoms with E-state index in [1.807, 2.05) is 30.3 Å². The van der Waals surface area contributed by atoms with Crippen LogP contribution in [-0.2, 0) is 0 Å². The Hall–Kier alpha value is -1.71. The van der Waals surface area contributed by atoms with Crippen LogP contribution in [0.25, 0.3) is 0 Å². The van der Waals surface area contributed by atoms with Gasteiger partial charge in [-0.3, -0.25) is 0 Å². The first-order valence-corrected chi connectivity index (χ1v) is 4.26. The third kappa shape index (κ3) is 6.97. The number of ether oxygens (including phenoxy) is 1. The van der Waals surface area contributed by atoms with Crippen molar-refractivity contribution in [3.8, 4) is 5.75 Å². The molecule has 1 aromatic carbocycles. The van der Waals surface area contributed by atoms with Gasteiger partial charge in [0.05, 0.1) is 7.11 Å².